The monoisotopic (exact) mass is 433 g/mol. The van der Waals surface area contributed by atoms with Gasteiger partial charge in [-0.25, -0.2) is 9.78 Å². The van der Waals surface area contributed by atoms with Gasteiger partial charge >= 0.3 is 5.97 Å². The average Bonchev–Trinajstić information content (AvgIpc) is 3.39. The predicted octanol–water partition coefficient (Wildman–Crippen LogP) is 4.56. The maximum absolute atomic E-state index is 11.1. The van der Waals surface area contributed by atoms with Crippen molar-refractivity contribution in [3.63, 3.8) is 0 Å². The zero-order valence-electron chi connectivity index (χ0n) is 17.8. The Morgan fingerprint density at radius 1 is 1.09 bits per heavy atom. The van der Waals surface area contributed by atoms with E-state index in [1.54, 1.807) is 24.6 Å². The fraction of sp³-hybridized carbons (Fsp3) is 0.360. The molecule has 1 aromatic heterocycles. The number of ether oxygens (including phenoxy) is 1. The van der Waals surface area contributed by atoms with Crippen LogP contribution in [0.4, 0.5) is 5.69 Å². The molecule has 3 aromatic rings. The summed E-state index contributed by atoms with van der Waals surface area (Å²) in [7, 11) is 0. The van der Waals surface area contributed by atoms with Gasteiger partial charge in [-0.05, 0) is 67.6 Å². The standard InChI is InChI=1S/C25H27N3O4/c29-25(30)18-3-1-17(2-4-18)15-28-21-7-8-22(28)14-20(13-21)27-19-5-9-23(10-6-19)32-16-24-26-11-12-31-24/h1-6,9-12,20-22,27H,7-8,13-16H2,(H,29,30)/t20?,21-,22+. The molecule has 2 aliphatic rings. The molecule has 0 spiro atoms. The van der Waals surface area contributed by atoms with Gasteiger partial charge in [-0.2, -0.15) is 0 Å². The fourth-order valence-electron chi connectivity index (χ4n) is 4.97. The van der Waals surface area contributed by atoms with E-state index >= 15 is 0 Å². The van der Waals surface area contributed by atoms with Crippen LogP contribution in [0.5, 0.6) is 5.75 Å². The minimum absolute atomic E-state index is 0.320. The van der Waals surface area contributed by atoms with E-state index in [2.05, 4.69) is 27.3 Å². The van der Waals surface area contributed by atoms with Gasteiger partial charge in [-0.3, -0.25) is 4.90 Å². The molecular formula is C25H27N3O4. The van der Waals surface area contributed by atoms with E-state index in [9.17, 15) is 4.79 Å². The second kappa shape index (κ2) is 9.04. The summed E-state index contributed by atoms with van der Waals surface area (Å²) >= 11 is 0. The fourth-order valence-corrected chi connectivity index (χ4v) is 4.97. The molecule has 2 bridgehead atoms. The number of carboxylic acids is 1. The highest BCUT2D eigenvalue weighted by molar-refractivity contribution is 5.87. The summed E-state index contributed by atoms with van der Waals surface area (Å²) in [5.74, 6) is 0.474. The molecule has 5 rings (SSSR count). The number of hydrogen-bond donors (Lipinski definition) is 2. The Bertz CT molecular complexity index is 1020. The van der Waals surface area contributed by atoms with Crippen molar-refractivity contribution in [3.05, 3.63) is 78.0 Å². The van der Waals surface area contributed by atoms with Crippen LogP contribution >= 0.6 is 0 Å². The molecule has 3 heterocycles. The van der Waals surface area contributed by atoms with Gasteiger partial charge in [-0.1, -0.05) is 12.1 Å². The van der Waals surface area contributed by atoms with Crippen molar-refractivity contribution in [2.24, 2.45) is 0 Å². The third kappa shape index (κ3) is 4.62. The summed E-state index contributed by atoms with van der Waals surface area (Å²) in [6.45, 7) is 1.21. The van der Waals surface area contributed by atoms with E-state index in [-0.39, 0.29) is 0 Å². The van der Waals surface area contributed by atoms with Crippen molar-refractivity contribution < 1.29 is 19.1 Å². The lowest BCUT2D eigenvalue weighted by Crippen LogP contribution is -2.46. The zero-order chi connectivity index (χ0) is 21.9. The molecule has 3 atom stereocenters. The Balaban J connectivity index is 1.14. The third-order valence-electron chi connectivity index (χ3n) is 6.52. The maximum atomic E-state index is 11.1. The minimum Gasteiger partial charge on any atom is -0.484 e. The van der Waals surface area contributed by atoms with Gasteiger partial charge in [0.15, 0.2) is 6.61 Å². The SMILES string of the molecule is O=C(O)c1ccc(CN2[C@@H]3CC[C@H]2CC(Nc2ccc(OCc4ncco4)cc2)C3)cc1. The summed E-state index contributed by atoms with van der Waals surface area (Å²) in [5.41, 5.74) is 2.63. The topological polar surface area (TPSA) is 87.8 Å². The van der Waals surface area contributed by atoms with Gasteiger partial charge in [0.2, 0.25) is 5.89 Å². The van der Waals surface area contributed by atoms with Crippen molar-refractivity contribution in [1.82, 2.24) is 9.88 Å². The Kier molecular flexibility index (Phi) is 5.81. The molecule has 0 amide bonds. The molecule has 0 aliphatic carbocycles. The summed E-state index contributed by atoms with van der Waals surface area (Å²) in [6, 6.07) is 16.9. The molecule has 1 unspecified atom stereocenters. The molecule has 0 radical (unpaired) electrons. The van der Waals surface area contributed by atoms with Gasteiger partial charge in [0.25, 0.3) is 0 Å². The lowest BCUT2D eigenvalue weighted by molar-refractivity contribution is 0.0696. The van der Waals surface area contributed by atoms with Gasteiger partial charge in [0.1, 0.15) is 12.0 Å². The normalized spacial score (nSPS) is 22.6. The highest BCUT2D eigenvalue weighted by Crippen LogP contribution is 2.38. The Labute approximate surface area is 187 Å². The number of fused-ring (bicyclic) bond motifs is 2. The smallest absolute Gasteiger partial charge is 0.335 e. The second-order valence-electron chi connectivity index (χ2n) is 8.61. The van der Waals surface area contributed by atoms with Crippen molar-refractivity contribution in [1.29, 1.82) is 0 Å². The summed E-state index contributed by atoms with van der Waals surface area (Å²) < 4.78 is 10.9. The maximum Gasteiger partial charge on any atom is 0.335 e. The number of hydrogen-bond acceptors (Lipinski definition) is 6. The Morgan fingerprint density at radius 3 is 2.44 bits per heavy atom. The van der Waals surface area contributed by atoms with Gasteiger partial charge in [0, 0.05) is 30.4 Å². The number of nitrogens with zero attached hydrogens (tertiary/aromatic N) is 2. The van der Waals surface area contributed by atoms with Crippen LogP contribution in [-0.2, 0) is 13.2 Å². The van der Waals surface area contributed by atoms with E-state index in [0.29, 0.717) is 36.2 Å². The number of carboxylic acid groups (broad SMARTS) is 1. The third-order valence-corrected chi connectivity index (χ3v) is 6.52. The molecule has 2 aliphatic heterocycles. The largest absolute Gasteiger partial charge is 0.484 e. The van der Waals surface area contributed by atoms with Gasteiger partial charge in [-0.15, -0.1) is 0 Å². The van der Waals surface area contributed by atoms with Gasteiger partial charge < -0.3 is 19.6 Å². The summed E-state index contributed by atoms with van der Waals surface area (Å²) in [5, 5.41) is 12.8. The Morgan fingerprint density at radius 2 is 1.81 bits per heavy atom. The summed E-state index contributed by atoms with van der Waals surface area (Å²) in [4.78, 5) is 17.7. The second-order valence-corrected chi connectivity index (χ2v) is 8.61. The number of benzene rings is 2. The van der Waals surface area contributed by atoms with Crippen LogP contribution in [0.15, 0.2) is 65.4 Å². The lowest BCUT2D eigenvalue weighted by atomic mass is 9.96. The number of nitrogens with one attached hydrogen (secondary N) is 1. The first-order valence-electron chi connectivity index (χ1n) is 11.1. The average molecular weight is 434 g/mol. The number of rotatable bonds is 8. The first kappa shape index (κ1) is 20.6. The van der Waals surface area contributed by atoms with Crippen molar-refractivity contribution in [2.75, 3.05) is 5.32 Å². The first-order valence-corrected chi connectivity index (χ1v) is 11.1. The number of piperidine rings is 1. The van der Waals surface area contributed by atoms with Crippen LogP contribution in [0.2, 0.25) is 0 Å². The molecule has 2 saturated heterocycles. The minimum atomic E-state index is -0.877. The molecule has 2 N–H and O–H groups in total. The molecular weight excluding hydrogens is 406 g/mol. The highest BCUT2D eigenvalue weighted by atomic mass is 16.5. The van der Waals surface area contributed by atoms with E-state index in [4.69, 9.17) is 14.3 Å². The van der Waals surface area contributed by atoms with Crippen LogP contribution in [0.3, 0.4) is 0 Å². The molecule has 0 saturated carbocycles. The quantitative estimate of drug-likeness (QED) is 0.538. The van der Waals surface area contributed by atoms with Crippen LogP contribution in [0.1, 0.15) is 47.5 Å². The number of carbonyl (C=O) groups is 1. The lowest BCUT2D eigenvalue weighted by Gasteiger charge is -2.39. The number of oxazole rings is 1. The van der Waals surface area contributed by atoms with Crippen molar-refractivity contribution >= 4 is 11.7 Å². The number of anilines is 1. The number of aromatic carboxylic acids is 1. The van der Waals surface area contributed by atoms with E-state index in [0.717, 1.165) is 30.8 Å². The first-order chi connectivity index (χ1) is 15.6. The van der Waals surface area contributed by atoms with Crippen molar-refractivity contribution in [3.8, 4) is 5.75 Å². The van der Waals surface area contributed by atoms with Crippen LogP contribution in [0, 0.1) is 0 Å². The van der Waals surface area contributed by atoms with Crippen LogP contribution in [-0.4, -0.2) is 39.1 Å². The van der Waals surface area contributed by atoms with E-state index in [1.807, 2.05) is 24.3 Å². The molecule has 7 heteroatoms. The summed E-state index contributed by atoms with van der Waals surface area (Å²) in [6.07, 6.45) is 7.84. The van der Waals surface area contributed by atoms with Crippen molar-refractivity contribution in [2.45, 2.75) is 57.0 Å². The number of aromatic nitrogens is 1. The van der Waals surface area contributed by atoms with Crippen LogP contribution in [0.25, 0.3) is 0 Å². The van der Waals surface area contributed by atoms with E-state index in [1.165, 1.54) is 18.4 Å². The zero-order valence-corrected chi connectivity index (χ0v) is 17.8. The van der Waals surface area contributed by atoms with E-state index < -0.39 is 5.97 Å². The predicted molar refractivity (Wildman–Crippen MR) is 120 cm³/mol. The van der Waals surface area contributed by atoms with Crippen LogP contribution < -0.4 is 10.1 Å². The highest BCUT2D eigenvalue weighted by Gasteiger charge is 2.40. The van der Waals surface area contributed by atoms with Gasteiger partial charge in [0.05, 0.1) is 11.8 Å². The molecule has 7 nitrogen and oxygen atoms in total. The molecule has 2 aromatic carbocycles. The molecule has 32 heavy (non-hydrogen) atoms. The Hall–Kier alpha value is -3.32. The molecule has 166 valence electrons. The molecule has 2 fully saturated rings.